The van der Waals surface area contributed by atoms with E-state index >= 15 is 0 Å². The normalized spacial score (nSPS) is 13.9. The summed E-state index contributed by atoms with van der Waals surface area (Å²) in [7, 11) is 1.36. The van der Waals surface area contributed by atoms with Crippen molar-refractivity contribution >= 4 is 13.8 Å². The summed E-state index contributed by atoms with van der Waals surface area (Å²) in [6.07, 6.45) is 34.3. The molecule has 0 heterocycles. The van der Waals surface area contributed by atoms with Gasteiger partial charge in [-0.1, -0.05) is 168 Å². The number of hydrogen-bond donors (Lipinski definition) is 0. The van der Waals surface area contributed by atoms with E-state index in [0.717, 1.165) is 12.8 Å². The summed E-state index contributed by atoms with van der Waals surface area (Å²) in [5.74, 6) is -0.383. The number of unbranched alkanes of at least 4 members (excludes halogenated alkanes) is 24. The van der Waals surface area contributed by atoms with Crippen LogP contribution in [0.4, 0.5) is 0 Å². The highest BCUT2D eigenvalue weighted by atomic mass is 31.2. The SMILES string of the molecule is CCCCCCCCCCCCCCCCCCCCCCCCCCCOCC(COP(=O)([O-])OCC[N+](C)(C)C)OC(=O)CCC. The maximum atomic E-state index is 12.1. The van der Waals surface area contributed by atoms with Crippen molar-refractivity contribution in [3.8, 4) is 0 Å². The van der Waals surface area contributed by atoms with Gasteiger partial charge in [0, 0.05) is 13.0 Å². The molecule has 0 aliphatic rings. The first kappa shape index (κ1) is 47.5. The van der Waals surface area contributed by atoms with Crippen molar-refractivity contribution < 1.29 is 37.3 Å². The summed E-state index contributed by atoms with van der Waals surface area (Å²) in [6, 6.07) is 0. The molecule has 0 aromatic rings. The lowest BCUT2D eigenvalue weighted by molar-refractivity contribution is -0.870. The minimum absolute atomic E-state index is 0.0284. The minimum atomic E-state index is -4.48. The van der Waals surface area contributed by atoms with Crippen LogP contribution in [0.1, 0.15) is 187 Å². The highest BCUT2D eigenvalue weighted by molar-refractivity contribution is 7.45. The van der Waals surface area contributed by atoms with Gasteiger partial charge in [0.25, 0.3) is 7.82 Å². The number of carbonyl (C=O) groups excluding carboxylic acids is 1. The van der Waals surface area contributed by atoms with E-state index in [2.05, 4.69) is 6.92 Å². The molecule has 0 amide bonds. The van der Waals surface area contributed by atoms with Crippen LogP contribution in [0.2, 0.25) is 0 Å². The molecular formula is C39H80NO7P. The summed E-state index contributed by atoms with van der Waals surface area (Å²) < 4.78 is 33.8. The van der Waals surface area contributed by atoms with E-state index in [1.165, 1.54) is 148 Å². The number of phosphoric ester groups is 1. The van der Waals surface area contributed by atoms with Gasteiger partial charge in [0.15, 0.2) is 0 Å². The number of phosphoric acid groups is 1. The average Bonchev–Trinajstić information content (AvgIpc) is 3.02. The van der Waals surface area contributed by atoms with Crippen LogP contribution in [0, 0.1) is 0 Å². The molecule has 9 heteroatoms. The van der Waals surface area contributed by atoms with Crippen molar-refractivity contribution in [2.24, 2.45) is 0 Å². The second kappa shape index (κ2) is 33.6. The quantitative estimate of drug-likeness (QED) is 0.0273. The fourth-order valence-corrected chi connectivity index (χ4v) is 6.49. The van der Waals surface area contributed by atoms with Gasteiger partial charge in [0.1, 0.15) is 19.3 Å². The Labute approximate surface area is 298 Å². The molecule has 0 aromatic heterocycles. The monoisotopic (exact) mass is 706 g/mol. The first-order valence-corrected chi connectivity index (χ1v) is 21.7. The molecular weight excluding hydrogens is 625 g/mol. The third-order valence-corrected chi connectivity index (χ3v) is 9.84. The second-order valence-corrected chi connectivity index (χ2v) is 16.4. The largest absolute Gasteiger partial charge is 0.756 e. The van der Waals surface area contributed by atoms with Crippen molar-refractivity contribution in [1.29, 1.82) is 0 Å². The molecule has 0 radical (unpaired) electrons. The molecule has 0 aliphatic heterocycles. The zero-order chi connectivity index (χ0) is 35.6. The molecule has 2 atom stereocenters. The smallest absolute Gasteiger partial charge is 0.306 e. The highest BCUT2D eigenvalue weighted by Gasteiger charge is 2.20. The van der Waals surface area contributed by atoms with E-state index in [4.69, 9.17) is 18.5 Å². The van der Waals surface area contributed by atoms with Crippen LogP contribution < -0.4 is 4.89 Å². The Balaban J connectivity index is 3.63. The van der Waals surface area contributed by atoms with Crippen LogP contribution in [0.15, 0.2) is 0 Å². The molecule has 0 aromatic carbocycles. The summed E-state index contributed by atoms with van der Waals surface area (Å²) in [5.41, 5.74) is 0. The first-order chi connectivity index (χ1) is 23.1. The molecule has 0 aliphatic carbocycles. The molecule has 0 saturated heterocycles. The molecule has 288 valence electrons. The highest BCUT2D eigenvalue weighted by Crippen LogP contribution is 2.38. The molecule has 0 saturated carbocycles. The third-order valence-electron chi connectivity index (χ3n) is 8.88. The zero-order valence-electron chi connectivity index (χ0n) is 32.5. The maximum Gasteiger partial charge on any atom is 0.306 e. The van der Waals surface area contributed by atoms with Gasteiger partial charge in [-0.05, 0) is 12.8 Å². The Hall–Kier alpha value is -0.500. The number of nitrogens with zero attached hydrogens (tertiary/aromatic N) is 1. The van der Waals surface area contributed by atoms with Crippen LogP contribution in [-0.2, 0) is 27.9 Å². The van der Waals surface area contributed by atoms with Crippen LogP contribution in [0.5, 0.6) is 0 Å². The fraction of sp³-hybridized carbons (Fsp3) is 0.974. The van der Waals surface area contributed by atoms with Gasteiger partial charge < -0.3 is 27.9 Å². The van der Waals surface area contributed by atoms with E-state index in [1.807, 2.05) is 28.1 Å². The minimum Gasteiger partial charge on any atom is -0.756 e. The Kier molecular flexibility index (Phi) is 33.3. The Morgan fingerprint density at radius 2 is 0.958 bits per heavy atom. The van der Waals surface area contributed by atoms with Crippen LogP contribution in [-0.4, -0.2) is 70.7 Å². The Morgan fingerprint density at radius 3 is 1.33 bits per heavy atom. The molecule has 0 fully saturated rings. The van der Waals surface area contributed by atoms with Crippen LogP contribution in [0.3, 0.4) is 0 Å². The lowest BCUT2D eigenvalue weighted by Gasteiger charge is -2.28. The number of esters is 1. The third kappa shape index (κ3) is 36.8. The van der Waals surface area contributed by atoms with E-state index in [-0.39, 0.29) is 32.2 Å². The average molecular weight is 706 g/mol. The van der Waals surface area contributed by atoms with Gasteiger partial charge in [-0.25, -0.2) is 0 Å². The lowest BCUT2D eigenvalue weighted by atomic mass is 10.0. The van der Waals surface area contributed by atoms with E-state index in [0.29, 0.717) is 24.1 Å². The van der Waals surface area contributed by atoms with Gasteiger partial charge in [-0.3, -0.25) is 9.36 Å². The summed E-state index contributed by atoms with van der Waals surface area (Å²) in [6.45, 7) is 5.08. The van der Waals surface area contributed by atoms with Crippen molar-refractivity contribution in [2.45, 2.75) is 193 Å². The number of carbonyl (C=O) groups is 1. The van der Waals surface area contributed by atoms with Crippen molar-refractivity contribution in [1.82, 2.24) is 0 Å². The Morgan fingerprint density at radius 1 is 0.562 bits per heavy atom. The number of likely N-dealkylation sites (N-methyl/N-ethyl adjacent to an activating group) is 1. The van der Waals surface area contributed by atoms with Gasteiger partial charge in [0.05, 0.1) is 34.4 Å². The van der Waals surface area contributed by atoms with Crippen LogP contribution >= 0.6 is 7.82 Å². The van der Waals surface area contributed by atoms with Crippen molar-refractivity contribution in [3.63, 3.8) is 0 Å². The maximum absolute atomic E-state index is 12.1. The molecule has 0 rings (SSSR count). The number of rotatable bonds is 38. The van der Waals surface area contributed by atoms with Gasteiger partial charge in [-0.2, -0.15) is 0 Å². The van der Waals surface area contributed by atoms with Gasteiger partial charge in [-0.15, -0.1) is 0 Å². The van der Waals surface area contributed by atoms with Gasteiger partial charge >= 0.3 is 5.97 Å². The van der Waals surface area contributed by atoms with Crippen molar-refractivity contribution in [2.75, 3.05) is 54.1 Å². The molecule has 0 N–H and O–H groups in total. The number of quaternary nitrogens is 1. The first-order valence-electron chi connectivity index (χ1n) is 20.3. The molecule has 0 spiro atoms. The predicted molar refractivity (Wildman–Crippen MR) is 199 cm³/mol. The summed E-state index contributed by atoms with van der Waals surface area (Å²) >= 11 is 0. The number of ether oxygens (including phenoxy) is 2. The van der Waals surface area contributed by atoms with Gasteiger partial charge in [0.2, 0.25) is 0 Å². The second-order valence-electron chi connectivity index (χ2n) is 15.0. The summed E-state index contributed by atoms with van der Waals surface area (Å²) in [4.78, 5) is 24.1. The van der Waals surface area contributed by atoms with Crippen LogP contribution in [0.25, 0.3) is 0 Å². The Bertz CT molecular complexity index is 746. The molecule has 2 unspecified atom stereocenters. The molecule has 8 nitrogen and oxygen atoms in total. The molecule has 48 heavy (non-hydrogen) atoms. The van der Waals surface area contributed by atoms with E-state index < -0.39 is 13.9 Å². The standard InChI is InChI=1S/C39H80NO7P/c1-6-8-9-10-11-12-13-14-15-16-17-18-19-20-21-22-23-24-25-26-27-28-29-30-31-34-44-36-38(47-39(41)32-7-2)37-46-48(42,43)45-35-33-40(3,4)5/h38H,6-37H2,1-5H3. The number of hydrogen-bond acceptors (Lipinski definition) is 7. The van der Waals surface area contributed by atoms with Crippen molar-refractivity contribution in [3.05, 3.63) is 0 Å². The molecule has 0 bridgehead atoms. The van der Waals surface area contributed by atoms with E-state index in [1.54, 1.807) is 0 Å². The fourth-order valence-electron chi connectivity index (χ4n) is 5.76. The van der Waals surface area contributed by atoms with E-state index in [9.17, 15) is 14.3 Å². The summed E-state index contributed by atoms with van der Waals surface area (Å²) in [5, 5.41) is 0. The lowest BCUT2D eigenvalue weighted by Crippen LogP contribution is -2.37. The topological polar surface area (TPSA) is 94.1 Å². The predicted octanol–water partition coefficient (Wildman–Crippen LogP) is 10.7. The zero-order valence-corrected chi connectivity index (χ0v) is 33.4.